The van der Waals surface area contributed by atoms with E-state index in [1.807, 2.05) is 0 Å². The van der Waals surface area contributed by atoms with Crippen LogP contribution in [0.3, 0.4) is 0 Å². The summed E-state index contributed by atoms with van der Waals surface area (Å²) in [5, 5.41) is 11.4. The van der Waals surface area contributed by atoms with E-state index in [0.717, 1.165) is 0 Å². The standard InChI is InChI=1S/C20H22N2O7/c1-6-29-20(24)18-11(2)19(21-12(18)3)15(23)8-7-13-9-16(27-4)17(28-5)10-14(13)22(25)26/h7-10,21H,6H2,1-5H3. The lowest BCUT2D eigenvalue weighted by Crippen LogP contribution is -2.07. The van der Waals surface area contributed by atoms with Crippen LogP contribution in [0.1, 0.15) is 44.6 Å². The first-order valence-corrected chi connectivity index (χ1v) is 8.74. The van der Waals surface area contributed by atoms with E-state index in [2.05, 4.69) is 4.98 Å². The molecule has 0 saturated carbocycles. The quantitative estimate of drug-likeness (QED) is 0.235. The normalized spacial score (nSPS) is 10.8. The smallest absolute Gasteiger partial charge is 0.340 e. The van der Waals surface area contributed by atoms with Crippen LogP contribution in [0.5, 0.6) is 11.5 Å². The fourth-order valence-corrected chi connectivity index (χ4v) is 2.93. The molecule has 1 aromatic heterocycles. The molecule has 0 fully saturated rings. The van der Waals surface area contributed by atoms with Gasteiger partial charge >= 0.3 is 5.97 Å². The van der Waals surface area contributed by atoms with Crippen LogP contribution in [0.15, 0.2) is 18.2 Å². The van der Waals surface area contributed by atoms with E-state index >= 15 is 0 Å². The highest BCUT2D eigenvalue weighted by Gasteiger charge is 2.22. The summed E-state index contributed by atoms with van der Waals surface area (Å²) in [5.41, 5.74) is 1.42. The van der Waals surface area contributed by atoms with Crippen molar-refractivity contribution in [2.45, 2.75) is 20.8 Å². The number of hydrogen-bond acceptors (Lipinski definition) is 7. The van der Waals surface area contributed by atoms with Crippen molar-refractivity contribution >= 4 is 23.5 Å². The molecule has 2 aromatic rings. The van der Waals surface area contributed by atoms with Gasteiger partial charge in [-0.25, -0.2) is 4.79 Å². The number of aromatic amines is 1. The van der Waals surface area contributed by atoms with Crippen LogP contribution in [-0.2, 0) is 4.74 Å². The number of carbonyl (C=O) groups is 2. The van der Waals surface area contributed by atoms with E-state index in [4.69, 9.17) is 14.2 Å². The molecule has 0 saturated heterocycles. The zero-order valence-electron chi connectivity index (χ0n) is 16.8. The molecule has 9 nitrogen and oxygen atoms in total. The number of H-pyrrole nitrogens is 1. The lowest BCUT2D eigenvalue weighted by Gasteiger charge is -2.08. The number of aromatic nitrogens is 1. The second kappa shape index (κ2) is 9.05. The molecule has 0 unspecified atom stereocenters. The summed E-state index contributed by atoms with van der Waals surface area (Å²) in [6.07, 6.45) is 2.52. The van der Waals surface area contributed by atoms with E-state index in [0.29, 0.717) is 22.6 Å². The Morgan fingerprint density at radius 2 is 1.79 bits per heavy atom. The van der Waals surface area contributed by atoms with Crippen molar-refractivity contribution in [3.05, 3.63) is 56.4 Å². The molecular formula is C20H22N2O7. The van der Waals surface area contributed by atoms with Gasteiger partial charge in [0.05, 0.1) is 48.6 Å². The van der Waals surface area contributed by atoms with Gasteiger partial charge in [0.25, 0.3) is 5.69 Å². The molecule has 1 heterocycles. The van der Waals surface area contributed by atoms with Gasteiger partial charge in [-0.2, -0.15) is 0 Å². The number of nitrogens with zero attached hydrogens (tertiary/aromatic N) is 1. The molecule has 0 aliphatic heterocycles. The third-order valence-electron chi connectivity index (χ3n) is 4.31. The van der Waals surface area contributed by atoms with Crippen molar-refractivity contribution in [1.29, 1.82) is 0 Å². The van der Waals surface area contributed by atoms with Crippen LogP contribution < -0.4 is 9.47 Å². The molecule has 2 rings (SSSR count). The number of carbonyl (C=O) groups excluding carboxylic acids is 2. The number of aryl methyl sites for hydroxylation is 1. The Hall–Kier alpha value is -3.62. The highest BCUT2D eigenvalue weighted by molar-refractivity contribution is 6.09. The molecule has 29 heavy (non-hydrogen) atoms. The first-order chi connectivity index (χ1) is 13.7. The molecule has 0 amide bonds. The molecule has 9 heteroatoms. The summed E-state index contributed by atoms with van der Waals surface area (Å²) >= 11 is 0. The summed E-state index contributed by atoms with van der Waals surface area (Å²) in [5.74, 6) is -0.457. The Morgan fingerprint density at radius 1 is 1.17 bits per heavy atom. The van der Waals surface area contributed by atoms with Crippen molar-refractivity contribution in [2.75, 3.05) is 20.8 Å². The fourth-order valence-electron chi connectivity index (χ4n) is 2.93. The van der Waals surface area contributed by atoms with Crippen LogP contribution in [0.4, 0.5) is 5.69 Å². The van der Waals surface area contributed by atoms with Gasteiger partial charge in [-0.3, -0.25) is 14.9 Å². The van der Waals surface area contributed by atoms with Gasteiger partial charge < -0.3 is 19.2 Å². The highest BCUT2D eigenvalue weighted by Crippen LogP contribution is 2.35. The second-order valence-electron chi connectivity index (χ2n) is 6.07. The van der Waals surface area contributed by atoms with Crippen molar-refractivity contribution < 1.29 is 28.7 Å². The van der Waals surface area contributed by atoms with E-state index in [1.54, 1.807) is 20.8 Å². The Kier molecular flexibility index (Phi) is 6.76. The zero-order chi connectivity index (χ0) is 21.7. The van der Waals surface area contributed by atoms with Crippen molar-refractivity contribution in [3.63, 3.8) is 0 Å². The van der Waals surface area contributed by atoms with E-state index in [-0.39, 0.29) is 29.3 Å². The Labute approximate surface area is 167 Å². The summed E-state index contributed by atoms with van der Waals surface area (Å²) in [6, 6.07) is 2.64. The minimum atomic E-state index is -0.574. The lowest BCUT2D eigenvalue weighted by atomic mass is 10.1. The Balaban J connectivity index is 2.42. The Morgan fingerprint density at radius 3 is 2.34 bits per heavy atom. The van der Waals surface area contributed by atoms with Gasteiger partial charge in [-0.15, -0.1) is 0 Å². The summed E-state index contributed by atoms with van der Waals surface area (Å²) in [6.45, 7) is 5.21. The van der Waals surface area contributed by atoms with Gasteiger partial charge in [-0.1, -0.05) is 0 Å². The molecule has 0 bridgehead atoms. The number of nitrogens with one attached hydrogen (secondary N) is 1. The number of nitro benzene ring substituents is 1. The van der Waals surface area contributed by atoms with Crippen molar-refractivity contribution in [2.24, 2.45) is 0 Å². The first kappa shape index (κ1) is 21.7. The van der Waals surface area contributed by atoms with Gasteiger partial charge in [-0.05, 0) is 44.6 Å². The molecule has 0 radical (unpaired) electrons. The van der Waals surface area contributed by atoms with E-state index in [9.17, 15) is 19.7 Å². The third-order valence-corrected chi connectivity index (χ3v) is 4.31. The molecule has 0 atom stereocenters. The molecule has 0 spiro atoms. The zero-order valence-corrected chi connectivity index (χ0v) is 16.8. The average Bonchev–Trinajstić information content (AvgIpc) is 2.99. The maximum atomic E-state index is 12.6. The summed E-state index contributed by atoms with van der Waals surface area (Å²) in [4.78, 5) is 38.4. The number of hydrogen-bond donors (Lipinski definition) is 1. The topological polar surface area (TPSA) is 121 Å². The number of ether oxygens (including phenoxy) is 3. The number of allylic oxidation sites excluding steroid dienone is 1. The third kappa shape index (κ3) is 4.45. The maximum Gasteiger partial charge on any atom is 0.340 e. The predicted octanol–water partition coefficient (Wildman–Crippen LogP) is 3.63. The van der Waals surface area contributed by atoms with Gasteiger partial charge in [0.1, 0.15) is 0 Å². The van der Waals surface area contributed by atoms with Gasteiger partial charge in [0.15, 0.2) is 11.5 Å². The average molecular weight is 402 g/mol. The van der Waals surface area contributed by atoms with Crippen LogP contribution in [0.25, 0.3) is 6.08 Å². The van der Waals surface area contributed by atoms with Crippen molar-refractivity contribution in [3.8, 4) is 11.5 Å². The van der Waals surface area contributed by atoms with Crippen LogP contribution in [0.2, 0.25) is 0 Å². The fraction of sp³-hybridized carbons (Fsp3) is 0.300. The second-order valence-corrected chi connectivity index (χ2v) is 6.07. The Bertz CT molecular complexity index is 989. The molecule has 1 aromatic carbocycles. The van der Waals surface area contributed by atoms with E-state index < -0.39 is 16.7 Å². The molecule has 0 aliphatic rings. The van der Waals surface area contributed by atoms with Crippen LogP contribution in [0, 0.1) is 24.0 Å². The van der Waals surface area contributed by atoms with E-state index in [1.165, 1.54) is 38.5 Å². The van der Waals surface area contributed by atoms with Gasteiger partial charge in [0, 0.05) is 5.69 Å². The number of ketones is 1. The SMILES string of the molecule is CCOC(=O)c1c(C)[nH]c(C(=O)C=Cc2cc(OC)c(OC)cc2[N+](=O)[O-])c1C. The molecule has 1 N–H and O–H groups in total. The first-order valence-electron chi connectivity index (χ1n) is 8.74. The lowest BCUT2D eigenvalue weighted by molar-refractivity contribution is -0.385. The minimum absolute atomic E-state index is 0.174. The maximum absolute atomic E-state index is 12.6. The molecule has 0 aliphatic carbocycles. The number of benzene rings is 1. The number of nitro groups is 1. The monoisotopic (exact) mass is 402 g/mol. The predicted molar refractivity (Wildman–Crippen MR) is 106 cm³/mol. The van der Waals surface area contributed by atoms with Crippen LogP contribution >= 0.6 is 0 Å². The van der Waals surface area contributed by atoms with Gasteiger partial charge in [0.2, 0.25) is 5.78 Å². The molecule has 154 valence electrons. The number of rotatable bonds is 8. The highest BCUT2D eigenvalue weighted by atomic mass is 16.6. The largest absolute Gasteiger partial charge is 0.493 e. The number of esters is 1. The van der Waals surface area contributed by atoms with Crippen LogP contribution in [-0.4, -0.2) is 42.5 Å². The summed E-state index contributed by atoms with van der Waals surface area (Å²) < 4.78 is 15.3. The minimum Gasteiger partial charge on any atom is -0.493 e. The number of methoxy groups -OCH3 is 2. The summed E-state index contributed by atoms with van der Waals surface area (Å²) in [7, 11) is 2.78. The van der Waals surface area contributed by atoms with Crippen molar-refractivity contribution in [1.82, 2.24) is 4.98 Å². The molecular weight excluding hydrogens is 380 g/mol.